The molecule has 0 atom stereocenters. The Hall–Kier alpha value is -6.52. The van der Waals surface area contributed by atoms with Gasteiger partial charge in [-0.25, -0.2) is 0 Å². The maximum absolute atomic E-state index is 2.38. The molecule has 0 saturated carbocycles. The molecular formula is C52H33NS2. The van der Waals surface area contributed by atoms with Gasteiger partial charge in [-0.2, -0.15) is 0 Å². The maximum atomic E-state index is 2.38. The Morgan fingerprint density at radius 1 is 0.291 bits per heavy atom. The van der Waals surface area contributed by atoms with E-state index in [0.717, 1.165) is 17.1 Å². The minimum atomic E-state index is 1.11. The third kappa shape index (κ3) is 5.60. The zero-order valence-corrected chi connectivity index (χ0v) is 31.4. The highest BCUT2D eigenvalue weighted by Gasteiger charge is 2.16. The van der Waals surface area contributed by atoms with Crippen molar-refractivity contribution in [3.05, 3.63) is 200 Å². The van der Waals surface area contributed by atoms with Gasteiger partial charge in [0.15, 0.2) is 0 Å². The molecule has 3 heteroatoms. The number of anilines is 3. The Morgan fingerprint density at radius 3 is 1.65 bits per heavy atom. The Kier molecular flexibility index (Phi) is 7.61. The third-order valence-electron chi connectivity index (χ3n) is 10.9. The average Bonchev–Trinajstić information content (AvgIpc) is 3.83. The fourth-order valence-electron chi connectivity index (χ4n) is 8.11. The van der Waals surface area contributed by atoms with Crippen LogP contribution in [0.15, 0.2) is 200 Å². The van der Waals surface area contributed by atoms with Gasteiger partial charge in [-0.3, -0.25) is 0 Å². The van der Waals surface area contributed by atoms with Crippen LogP contribution in [0.5, 0.6) is 0 Å². The van der Waals surface area contributed by atoms with E-state index in [4.69, 9.17) is 0 Å². The van der Waals surface area contributed by atoms with Gasteiger partial charge in [0.1, 0.15) is 0 Å². The molecule has 1 nitrogen and oxygen atoms in total. The number of fused-ring (bicyclic) bond motifs is 7. The summed E-state index contributed by atoms with van der Waals surface area (Å²) in [5.41, 5.74) is 10.7. The van der Waals surface area contributed by atoms with Crippen molar-refractivity contribution in [1.82, 2.24) is 0 Å². The van der Waals surface area contributed by atoms with Crippen LogP contribution >= 0.6 is 22.7 Å². The summed E-state index contributed by atoms with van der Waals surface area (Å²) in [6.45, 7) is 0. The molecule has 9 aromatic carbocycles. The maximum Gasteiger partial charge on any atom is 0.0467 e. The van der Waals surface area contributed by atoms with Gasteiger partial charge in [0.05, 0.1) is 0 Å². The molecule has 0 saturated heterocycles. The quantitative estimate of drug-likeness (QED) is 0.164. The molecule has 2 aromatic heterocycles. The molecule has 258 valence electrons. The van der Waals surface area contributed by atoms with E-state index >= 15 is 0 Å². The summed E-state index contributed by atoms with van der Waals surface area (Å²) in [5, 5.41) is 7.79. The normalized spacial score (nSPS) is 11.6. The first-order valence-corrected chi connectivity index (χ1v) is 20.3. The summed E-state index contributed by atoms with van der Waals surface area (Å²) in [6, 6.07) is 73.4. The second-order valence-electron chi connectivity index (χ2n) is 14.1. The standard InChI is InChI=1S/C52H33NS2/c1-2-10-37-31-39(20-19-34(37)9-1)38-11-7-12-43(32-38)53(41-26-21-35(22-27-41)40-25-30-51-48(33-40)46-14-4-5-17-49(46)54-51)42-28-23-36(24-29-42)44-15-8-16-47-45-13-3-6-18-50(45)55-52(44)47/h1-33H. The summed E-state index contributed by atoms with van der Waals surface area (Å²) < 4.78 is 5.32. The van der Waals surface area contributed by atoms with Gasteiger partial charge in [0.2, 0.25) is 0 Å². The van der Waals surface area contributed by atoms with Crippen LogP contribution in [0, 0.1) is 0 Å². The number of hydrogen-bond acceptors (Lipinski definition) is 3. The minimum absolute atomic E-state index is 1.11. The highest BCUT2D eigenvalue weighted by atomic mass is 32.1. The van der Waals surface area contributed by atoms with Crippen molar-refractivity contribution < 1.29 is 0 Å². The first-order chi connectivity index (χ1) is 27.2. The molecule has 2 heterocycles. The highest BCUT2D eigenvalue weighted by Crippen LogP contribution is 2.43. The topological polar surface area (TPSA) is 3.24 Å². The van der Waals surface area contributed by atoms with Gasteiger partial charge >= 0.3 is 0 Å². The summed E-state index contributed by atoms with van der Waals surface area (Å²) in [4.78, 5) is 2.38. The van der Waals surface area contributed by atoms with Gasteiger partial charge < -0.3 is 4.90 Å². The summed E-state index contributed by atoms with van der Waals surface area (Å²) in [7, 11) is 0. The fourth-order valence-corrected chi connectivity index (χ4v) is 10.4. The van der Waals surface area contributed by atoms with E-state index in [1.807, 2.05) is 22.7 Å². The lowest BCUT2D eigenvalue weighted by Gasteiger charge is -2.26. The summed E-state index contributed by atoms with van der Waals surface area (Å²) >= 11 is 3.74. The van der Waals surface area contributed by atoms with Crippen LogP contribution in [0.2, 0.25) is 0 Å². The summed E-state index contributed by atoms with van der Waals surface area (Å²) in [5.74, 6) is 0. The van der Waals surface area contributed by atoms with Crippen molar-refractivity contribution in [3.8, 4) is 33.4 Å². The SMILES string of the molecule is c1cc(-c2ccc3ccccc3c2)cc(N(c2ccc(-c3ccc4sc5ccccc5c4c3)cc2)c2ccc(-c3cccc4c3sc3ccccc34)cc2)c1. The van der Waals surface area contributed by atoms with Gasteiger partial charge in [-0.1, -0.05) is 133 Å². The number of nitrogens with zero attached hydrogens (tertiary/aromatic N) is 1. The van der Waals surface area contributed by atoms with Crippen molar-refractivity contribution in [2.24, 2.45) is 0 Å². The van der Waals surface area contributed by atoms with Crippen LogP contribution in [0.1, 0.15) is 0 Å². The van der Waals surface area contributed by atoms with Crippen molar-refractivity contribution in [3.63, 3.8) is 0 Å². The van der Waals surface area contributed by atoms with Gasteiger partial charge in [-0.15, -0.1) is 22.7 Å². The monoisotopic (exact) mass is 735 g/mol. The average molecular weight is 736 g/mol. The molecule has 0 aliphatic rings. The van der Waals surface area contributed by atoms with Crippen LogP contribution in [0.3, 0.4) is 0 Å². The van der Waals surface area contributed by atoms with Crippen molar-refractivity contribution in [1.29, 1.82) is 0 Å². The van der Waals surface area contributed by atoms with E-state index in [9.17, 15) is 0 Å². The Labute approximate surface area is 327 Å². The van der Waals surface area contributed by atoms with Gasteiger partial charge in [-0.05, 0) is 111 Å². The molecule has 0 amide bonds. The second kappa shape index (κ2) is 13.1. The summed E-state index contributed by atoms with van der Waals surface area (Å²) in [6.07, 6.45) is 0. The molecule has 0 aliphatic heterocycles. The molecule has 0 fully saturated rings. The van der Waals surface area contributed by atoms with E-state index in [0.29, 0.717) is 0 Å². The number of benzene rings is 9. The molecule has 11 rings (SSSR count). The van der Waals surface area contributed by atoms with E-state index in [1.54, 1.807) is 0 Å². The van der Waals surface area contributed by atoms with Crippen LogP contribution in [-0.4, -0.2) is 0 Å². The first-order valence-electron chi connectivity index (χ1n) is 18.7. The minimum Gasteiger partial charge on any atom is -0.310 e. The number of rotatable bonds is 6. The molecule has 0 aliphatic carbocycles. The highest BCUT2D eigenvalue weighted by molar-refractivity contribution is 7.26. The van der Waals surface area contributed by atoms with E-state index in [2.05, 4.69) is 205 Å². The van der Waals surface area contributed by atoms with E-state index < -0.39 is 0 Å². The Balaban J connectivity index is 1.01. The molecule has 0 bridgehead atoms. The smallest absolute Gasteiger partial charge is 0.0467 e. The predicted octanol–water partition coefficient (Wildman–Crippen LogP) is 16.0. The van der Waals surface area contributed by atoms with E-state index in [-0.39, 0.29) is 0 Å². The molecule has 0 spiro atoms. The molecule has 55 heavy (non-hydrogen) atoms. The Bertz CT molecular complexity index is 3200. The lowest BCUT2D eigenvalue weighted by Crippen LogP contribution is -2.10. The van der Waals surface area contributed by atoms with Crippen LogP contribution < -0.4 is 4.90 Å². The first kappa shape index (κ1) is 32.0. The number of thiophene rings is 2. The van der Waals surface area contributed by atoms with Gasteiger partial charge in [0.25, 0.3) is 0 Å². The van der Waals surface area contributed by atoms with E-state index in [1.165, 1.54) is 84.5 Å². The molecular weight excluding hydrogens is 703 g/mol. The second-order valence-corrected chi connectivity index (χ2v) is 16.3. The zero-order valence-electron chi connectivity index (χ0n) is 29.8. The Morgan fingerprint density at radius 2 is 0.855 bits per heavy atom. The molecule has 11 aromatic rings. The zero-order chi connectivity index (χ0) is 36.3. The lowest BCUT2D eigenvalue weighted by molar-refractivity contribution is 1.28. The fraction of sp³-hybridized carbons (Fsp3) is 0. The van der Waals surface area contributed by atoms with Crippen LogP contribution in [0.4, 0.5) is 17.1 Å². The predicted molar refractivity (Wildman–Crippen MR) is 241 cm³/mol. The van der Waals surface area contributed by atoms with Crippen molar-refractivity contribution in [2.75, 3.05) is 4.90 Å². The van der Waals surface area contributed by atoms with Crippen LogP contribution in [-0.2, 0) is 0 Å². The molecule has 0 unspecified atom stereocenters. The van der Waals surface area contributed by atoms with Crippen molar-refractivity contribution in [2.45, 2.75) is 0 Å². The van der Waals surface area contributed by atoms with Crippen LogP contribution in [0.25, 0.3) is 84.5 Å². The molecule has 0 radical (unpaired) electrons. The largest absolute Gasteiger partial charge is 0.310 e. The number of hydrogen-bond donors (Lipinski definition) is 0. The van der Waals surface area contributed by atoms with Gasteiger partial charge in [0, 0.05) is 57.4 Å². The lowest BCUT2D eigenvalue weighted by atomic mass is 9.99. The molecule has 0 N–H and O–H groups in total. The van der Waals surface area contributed by atoms with Crippen molar-refractivity contribution >= 4 is 90.9 Å². The third-order valence-corrected chi connectivity index (χ3v) is 13.2.